The van der Waals surface area contributed by atoms with Gasteiger partial charge in [-0.05, 0) is 0 Å². The van der Waals surface area contributed by atoms with Crippen LogP contribution in [0.25, 0.3) is 0 Å². The highest BCUT2D eigenvalue weighted by molar-refractivity contribution is 5.19. The molecule has 0 aliphatic carbocycles. The molecule has 0 saturated heterocycles. The fourth-order valence-electron chi connectivity index (χ4n) is 3.01. The number of alkyl halides is 19. The standard InChI is InChI=1S/C15H13F19O3/c1-4(9(19,20)6(16)10(21,22)23)5(37)7(2-35,12(26,27)15(32,33)34)11(24,25)14(30,31)13(28,29)8(17,18)3-36/h4-6,35-37H,2-3H2,1H3. The van der Waals surface area contributed by atoms with E-state index in [0.717, 1.165) is 0 Å². The summed E-state index contributed by atoms with van der Waals surface area (Å²) in [4.78, 5) is 0. The smallest absolute Gasteiger partial charge is 0.395 e. The van der Waals surface area contributed by atoms with Gasteiger partial charge in [-0.3, -0.25) is 0 Å². The molecule has 0 bridgehead atoms. The largest absolute Gasteiger partial charge is 0.454 e. The first-order valence-corrected chi connectivity index (χ1v) is 8.78. The van der Waals surface area contributed by atoms with E-state index < -0.39 is 91.6 Å². The number of hydrogen-bond donors (Lipinski definition) is 3. The van der Waals surface area contributed by atoms with E-state index in [1.807, 2.05) is 0 Å². The van der Waals surface area contributed by atoms with Gasteiger partial charge in [0.25, 0.3) is 12.1 Å². The second kappa shape index (κ2) is 9.63. The van der Waals surface area contributed by atoms with Crippen LogP contribution in [0.2, 0.25) is 0 Å². The third kappa shape index (κ3) is 4.89. The van der Waals surface area contributed by atoms with Crippen molar-refractivity contribution in [1.29, 1.82) is 0 Å². The Morgan fingerprint density at radius 3 is 1.22 bits per heavy atom. The Hall–Kier alpha value is -1.45. The second-order valence-electron chi connectivity index (χ2n) is 7.60. The summed E-state index contributed by atoms with van der Waals surface area (Å²) in [5.41, 5.74) is -7.22. The minimum Gasteiger partial charge on any atom is -0.395 e. The van der Waals surface area contributed by atoms with Crippen LogP contribution < -0.4 is 0 Å². The van der Waals surface area contributed by atoms with Crippen molar-refractivity contribution in [2.24, 2.45) is 11.3 Å². The minimum atomic E-state index is -8.33. The normalized spacial score (nSPS) is 19.9. The fourth-order valence-corrected chi connectivity index (χ4v) is 3.01. The molecule has 224 valence electrons. The molecule has 0 aromatic carbocycles. The number of halogens is 19. The molecule has 4 unspecified atom stereocenters. The molecule has 0 spiro atoms. The first-order chi connectivity index (χ1) is 15.8. The van der Waals surface area contributed by atoms with Crippen molar-refractivity contribution in [3.8, 4) is 0 Å². The van der Waals surface area contributed by atoms with E-state index in [2.05, 4.69) is 0 Å². The molecule has 0 amide bonds. The van der Waals surface area contributed by atoms with Gasteiger partial charge in [-0.15, -0.1) is 0 Å². The van der Waals surface area contributed by atoms with Crippen LogP contribution in [0.3, 0.4) is 0 Å². The van der Waals surface area contributed by atoms with Crippen molar-refractivity contribution in [1.82, 2.24) is 0 Å². The summed E-state index contributed by atoms with van der Waals surface area (Å²) < 4.78 is 256. The quantitative estimate of drug-likeness (QED) is 0.284. The van der Waals surface area contributed by atoms with Gasteiger partial charge in [-0.1, -0.05) is 6.92 Å². The monoisotopic (exact) mass is 602 g/mol. The van der Waals surface area contributed by atoms with Crippen molar-refractivity contribution in [2.75, 3.05) is 13.2 Å². The van der Waals surface area contributed by atoms with Crippen molar-refractivity contribution in [3.05, 3.63) is 0 Å². The molecule has 0 aliphatic heterocycles. The molecular weight excluding hydrogens is 589 g/mol. The summed E-state index contributed by atoms with van der Waals surface area (Å²) in [6, 6.07) is 0. The van der Waals surface area contributed by atoms with Crippen LogP contribution in [0.4, 0.5) is 83.4 Å². The Labute approximate surface area is 191 Å². The average Bonchev–Trinajstić information content (AvgIpc) is 2.70. The molecule has 0 saturated carbocycles. The van der Waals surface area contributed by atoms with E-state index in [1.54, 1.807) is 0 Å². The Morgan fingerprint density at radius 1 is 0.568 bits per heavy atom. The molecule has 0 fully saturated rings. The van der Waals surface area contributed by atoms with Gasteiger partial charge in [0.2, 0.25) is 0 Å². The van der Waals surface area contributed by atoms with Crippen LogP contribution in [-0.4, -0.2) is 88.7 Å². The molecule has 0 radical (unpaired) electrons. The maximum atomic E-state index is 14.6. The topological polar surface area (TPSA) is 60.7 Å². The molecule has 22 heteroatoms. The van der Waals surface area contributed by atoms with Gasteiger partial charge in [-0.25, -0.2) is 13.2 Å². The third-order valence-electron chi connectivity index (χ3n) is 5.38. The number of rotatable bonds is 11. The van der Waals surface area contributed by atoms with E-state index >= 15 is 0 Å². The first kappa shape index (κ1) is 35.5. The van der Waals surface area contributed by atoms with Gasteiger partial charge in [-0.2, -0.15) is 70.2 Å². The highest BCUT2D eigenvalue weighted by Crippen LogP contribution is 2.66. The maximum Gasteiger partial charge on any atom is 0.454 e. The molecule has 0 aromatic heterocycles. The lowest BCUT2D eigenvalue weighted by molar-refractivity contribution is -0.450. The summed E-state index contributed by atoms with van der Waals surface area (Å²) in [5.74, 6) is -50.6. The summed E-state index contributed by atoms with van der Waals surface area (Å²) in [6.45, 7) is -8.57. The van der Waals surface area contributed by atoms with Crippen LogP contribution in [0.1, 0.15) is 6.92 Å². The molecule has 0 aromatic rings. The lowest BCUT2D eigenvalue weighted by Gasteiger charge is -2.52. The third-order valence-corrected chi connectivity index (χ3v) is 5.38. The number of aliphatic hydroxyl groups is 3. The lowest BCUT2D eigenvalue weighted by atomic mass is 9.63. The Kier molecular flexibility index (Phi) is 9.25. The summed E-state index contributed by atoms with van der Waals surface area (Å²) in [5, 5.41) is 26.5. The van der Waals surface area contributed by atoms with Gasteiger partial charge >= 0.3 is 42.0 Å². The Balaban J connectivity index is 7.70. The second-order valence-corrected chi connectivity index (χ2v) is 7.60. The van der Waals surface area contributed by atoms with Crippen molar-refractivity contribution >= 4 is 0 Å². The van der Waals surface area contributed by atoms with Crippen LogP contribution >= 0.6 is 0 Å². The fraction of sp³-hybridized carbons (Fsp3) is 1.00. The molecule has 0 rings (SSSR count). The molecule has 0 heterocycles. The Bertz CT molecular complexity index is 789. The molecule has 0 aliphatic rings. The molecule has 3 N–H and O–H groups in total. The molecular formula is C15H13F19O3. The van der Waals surface area contributed by atoms with Gasteiger partial charge < -0.3 is 15.3 Å². The molecule has 3 nitrogen and oxygen atoms in total. The van der Waals surface area contributed by atoms with Crippen LogP contribution in [0.5, 0.6) is 0 Å². The number of aliphatic hydroxyl groups excluding tert-OH is 3. The predicted molar refractivity (Wildman–Crippen MR) is 78.5 cm³/mol. The summed E-state index contributed by atoms with van der Waals surface area (Å²) >= 11 is 0. The zero-order valence-electron chi connectivity index (χ0n) is 17.2. The summed E-state index contributed by atoms with van der Waals surface area (Å²) in [7, 11) is 0. The predicted octanol–water partition coefficient (Wildman–Crippen LogP) is 5.23. The SMILES string of the molecule is CC(C(O)C(CO)(C(F)(F)C(F)(F)F)C(F)(F)C(F)(F)C(F)(F)C(F)(F)CO)C(F)(F)C(F)C(F)(F)F. The highest BCUT2D eigenvalue weighted by Gasteiger charge is 2.92. The summed E-state index contributed by atoms with van der Waals surface area (Å²) in [6.07, 6.45) is -25.9. The highest BCUT2D eigenvalue weighted by atomic mass is 19.4. The minimum absolute atomic E-state index is 0.908. The maximum absolute atomic E-state index is 14.6. The first-order valence-electron chi connectivity index (χ1n) is 8.78. The zero-order chi connectivity index (χ0) is 30.6. The van der Waals surface area contributed by atoms with Crippen molar-refractivity contribution in [2.45, 2.75) is 67.1 Å². The van der Waals surface area contributed by atoms with E-state index in [4.69, 9.17) is 10.2 Å². The molecule has 4 atom stereocenters. The van der Waals surface area contributed by atoms with Gasteiger partial charge in [0.15, 0.2) is 5.41 Å². The lowest BCUT2D eigenvalue weighted by Crippen LogP contribution is -2.77. The van der Waals surface area contributed by atoms with Gasteiger partial charge in [0.05, 0.1) is 18.6 Å². The Morgan fingerprint density at radius 2 is 0.946 bits per heavy atom. The van der Waals surface area contributed by atoms with E-state index in [0.29, 0.717) is 0 Å². The van der Waals surface area contributed by atoms with Gasteiger partial charge in [0, 0.05) is 0 Å². The van der Waals surface area contributed by atoms with Crippen LogP contribution in [0.15, 0.2) is 0 Å². The van der Waals surface area contributed by atoms with Crippen LogP contribution in [-0.2, 0) is 0 Å². The zero-order valence-corrected chi connectivity index (χ0v) is 17.2. The number of hydrogen-bond acceptors (Lipinski definition) is 3. The van der Waals surface area contributed by atoms with Gasteiger partial charge in [0.1, 0.15) is 6.61 Å². The van der Waals surface area contributed by atoms with Crippen molar-refractivity contribution in [3.63, 3.8) is 0 Å². The van der Waals surface area contributed by atoms with Crippen LogP contribution in [0, 0.1) is 11.3 Å². The van der Waals surface area contributed by atoms with Crippen molar-refractivity contribution < 1.29 is 98.7 Å². The van der Waals surface area contributed by atoms with E-state index in [-0.39, 0.29) is 0 Å². The van der Waals surface area contributed by atoms with E-state index in [1.165, 1.54) is 0 Å². The van der Waals surface area contributed by atoms with E-state index in [9.17, 15) is 88.5 Å². The molecule has 37 heavy (non-hydrogen) atoms. The average molecular weight is 602 g/mol.